The summed E-state index contributed by atoms with van der Waals surface area (Å²) in [5.41, 5.74) is 1.33. The Morgan fingerprint density at radius 2 is 2.21 bits per heavy atom. The first kappa shape index (κ1) is 11.4. The normalized spacial score (nSPS) is 11.6. The first-order valence-corrected chi connectivity index (χ1v) is 6.03. The van der Waals surface area contributed by atoms with Gasteiger partial charge in [0.25, 0.3) is 10.1 Å². The van der Waals surface area contributed by atoms with Gasteiger partial charge in [0.15, 0.2) is 0 Å². The van der Waals surface area contributed by atoms with E-state index in [-0.39, 0.29) is 6.61 Å². The summed E-state index contributed by atoms with van der Waals surface area (Å²) in [6.45, 7) is 1.72. The van der Waals surface area contributed by atoms with E-state index in [0.717, 1.165) is 11.8 Å². The van der Waals surface area contributed by atoms with Crippen LogP contribution in [0.15, 0.2) is 12.3 Å². The molecule has 0 aliphatic heterocycles. The van der Waals surface area contributed by atoms with E-state index in [4.69, 9.17) is 11.6 Å². The Hall–Kier alpha value is -0.650. The number of aryl methyl sites for hydroxylation is 1. The van der Waals surface area contributed by atoms with Gasteiger partial charge < -0.3 is 0 Å². The molecule has 0 atom stereocenters. The van der Waals surface area contributed by atoms with Gasteiger partial charge in [-0.05, 0) is 18.6 Å². The molecule has 0 aromatic carbocycles. The molecule has 1 aromatic rings. The highest BCUT2D eigenvalue weighted by molar-refractivity contribution is 7.85. The molecule has 0 aliphatic rings. The second-order valence-corrected chi connectivity index (χ2v) is 4.96. The van der Waals surface area contributed by atoms with Crippen molar-refractivity contribution in [3.05, 3.63) is 28.5 Å². The van der Waals surface area contributed by atoms with Crippen LogP contribution < -0.4 is 0 Å². The van der Waals surface area contributed by atoms with E-state index in [9.17, 15) is 8.42 Å². The van der Waals surface area contributed by atoms with Crippen LogP contribution in [0.25, 0.3) is 0 Å². The third-order valence-electron chi connectivity index (χ3n) is 1.46. The number of hydrogen-bond acceptors (Lipinski definition) is 4. The van der Waals surface area contributed by atoms with E-state index in [1.807, 2.05) is 6.92 Å². The molecule has 1 heterocycles. The average molecular weight is 236 g/mol. The maximum atomic E-state index is 10.7. The Bertz CT molecular complexity index is 430. The van der Waals surface area contributed by atoms with Crippen molar-refractivity contribution in [3.8, 4) is 0 Å². The van der Waals surface area contributed by atoms with Crippen LogP contribution in [-0.4, -0.2) is 19.7 Å². The lowest BCUT2D eigenvalue weighted by Crippen LogP contribution is -2.04. The van der Waals surface area contributed by atoms with Gasteiger partial charge in [0.1, 0.15) is 6.61 Å². The lowest BCUT2D eigenvalue weighted by Gasteiger charge is -2.03. The maximum absolute atomic E-state index is 10.7. The van der Waals surface area contributed by atoms with Gasteiger partial charge in [0.05, 0.1) is 17.0 Å². The first-order valence-electron chi connectivity index (χ1n) is 3.84. The molecule has 0 saturated heterocycles. The molecule has 0 N–H and O–H groups in total. The molecule has 0 saturated carbocycles. The largest absolute Gasteiger partial charge is 0.264 e. The number of pyridine rings is 1. The maximum Gasteiger partial charge on any atom is 0.264 e. The zero-order valence-corrected chi connectivity index (χ0v) is 9.39. The fourth-order valence-corrected chi connectivity index (χ4v) is 1.43. The average Bonchev–Trinajstić information content (AvgIpc) is 2.00. The third kappa shape index (κ3) is 3.61. The van der Waals surface area contributed by atoms with Crippen LogP contribution >= 0.6 is 11.6 Å². The number of nitrogens with zero attached hydrogens (tertiary/aromatic N) is 1. The van der Waals surface area contributed by atoms with Crippen molar-refractivity contribution in [2.24, 2.45) is 0 Å². The quantitative estimate of drug-likeness (QED) is 0.746. The van der Waals surface area contributed by atoms with Crippen molar-refractivity contribution in [2.45, 2.75) is 13.5 Å². The molecule has 4 nitrogen and oxygen atoms in total. The Kier molecular flexibility index (Phi) is 3.47. The van der Waals surface area contributed by atoms with E-state index in [0.29, 0.717) is 10.7 Å². The standard InChI is InChI=1S/C8H10ClNO3S/c1-6-3-7(9)8(10-4-6)5-13-14(2,11)12/h3-4H,5H2,1-2H3. The van der Waals surface area contributed by atoms with Crippen LogP contribution in [0.4, 0.5) is 0 Å². The molecule has 0 spiro atoms. The fraction of sp³-hybridized carbons (Fsp3) is 0.375. The summed E-state index contributed by atoms with van der Waals surface area (Å²) in [6, 6.07) is 1.70. The van der Waals surface area contributed by atoms with Crippen molar-refractivity contribution in [2.75, 3.05) is 6.26 Å². The summed E-state index contributed by atoms with van der Waals surface area (Å²) in [5.74, 6) is 0. The van der Waals surface area contributed by atoms with Crippen molar-refractivity contribution >= 4 is 21.7 Å². The SMILES string of the molecule is Cc1cnc(COS(C)(=O)=O)c(Cl)c1. The van der Waals surface area contributed by atoms with Crippen LogP contribution in [0.3, 0.4) is 0 Å². The Balaban J connectivity index is 2.78. The molecule has 14 heavy (non-hydrogen) atoms. The second-order valence-electron chi connectivity index (χ2n) is 2.91. The molecular formula is C8H10ClNO3S. The van der Waals surface area contributed by atoms with Crippen molar-refractivity contribution in [1.82, 2.24) is 4.98 Å². The molecule has 1 aromatic heterocycles. The minimum Gasteiger partial charge on any atom is -0.264 e. The van der Waals surface area contributed by atoms with Crippen LogP contribution in [-0.2, 0) is 20.9 Å². The molecule has 0 amide bonds. The fourth-order valence-electron chi connectivity index (χ4n) is 0.831. The first-order chi connectivity index (χ1) is 6.38. The highest BCUT2D eigenvalue weighted by Crippen LogP contribution is 2.15. The molecular weight excluding hydrogens is 226 g/mol. The second kappa shape index (κ2) is 4.25. The van der Waals surface area contributed by atoms with Gasteiger partial charge in [-0.2, -0.15) is 8.42 Å². The molecule has 78 valence electrons. The molecule has 6 heteroatoms. The van der Waals surface area contributed by atoms with Gasteiger partial charge in [0, 0.05) is 6.20 Å². The molecule has 0 fully saturated rings. The van der Waals surface area contributed by atoms with Crippen molar-refractivity contribution in [3.63, 3.8) is 0 Å². The number of aromatic nitrogens is 1. The zero-order valence-electron chi connectivity index (χ0n) is 7.82. The summed E-state index contributed by atoms with van der Waals surface area (Å²) in [6.07, 6.45) is 2.59. The van der Waals surface area contributed by atoms with Crippen LogP contribution in [0.2, 0.25) is 5.02 Å². The molecule has 0 bridgehead atoms. The zero-order chi connectivity index (χ0) is 10.8. The van der Waals surface area contributed by atoms with Gasteiger partial charge in [-0.25, -0.2) is 0 Å². The molecule has 0 aliphatic carbocycles. The summed E-state index contributed by atoms with van der Waals surface area (Å²) >= 11 is 5.82. The van der Waals surface area contributed by atoms with Gasteiger partial charge in [0.2, 0.25) is 0 Å². The number of rotatable bonds is 3. The van der Waals surface area contributed by atoms with E-state index in [1.165, 1.54) is 0 Å². The van der Waals surface area contributed by atoms with Crippen LogP contribution in [0.5, 0.6) is 0 Å². The lowest BCUT2D eigenvalue weighted by molar-refractivity contribution is 0.307. The van der Waals surface area contributed by atoms with Crippen molar-refractivity contribution in [1.29, 1.82) is 0 Å². The van der Waals surface area contributed by atoms with E-state index in [2.05, 4.69) is 9.17 Å². The van der Waals surface area contributed by atoms with E-state index >= 15 is 0 Å². The van der Waals surface area contributed by atoms with Crippen molar-refractivity contribution < 1.29 is 12.6 Å². The predicted octanol–water partition coefficient (Wildman–Crippen LogP) is 1.52. The van der Waals surface area contributed by atoms with Gasteiger partial charge >= 0.3 is 0 Å². The summed E-state index contributed by atoms with van der Waals surface area (Å²) in [4.78, 5) is 3.96. The lowest BCUT2D eigenvalue weighted by atomic mass is 10.3. The van der Waals surface area contributed by atoms with Crippen LogP contribution in [0, 0.1) is 6.92 Å². The Morgan fingerprint density at radius 1 is 1.57 bits per heavy atom. The van der Waals surface area contributed by atoms with Gasteiger partial charge in [-0.15, -0.1) is 0 Å². The monoisotopic (exact) mass is 235 g/mol. The topological polar surface area (TPSA) is 56.3 Å². The highest BCUT2D eigenvalue weighted by Gasteiger charge is 2.07. The predicted molar refractivity (Wildman–Crippen MR) is 53.6 cm³/mol. The van der Waals surface area contributed by atoms with E-state index < -0.39 is 10.1 Å². The minimum absolute atomic E-state index is 0.127. The number of halogens is 1. The summed E-state index contributed by atoms with van der Waals surface area (Å²) < 4.78 is 25.9. The molecule has 1 rings (SSSR count). The highest BCUT2D eigenvalue weighted by atomic mass is 35.5. The summed E-state index contributed by atoms with van der Waals surface area (Å²) in [7, 11) is -3.45. The van der Waals surface area contributed by atoms with Gasteiger partial charge in [-0.3, -0.25) is 9.17 Å². The molecule has 0 radical (unpaired) electrons. The summed E-state index contributed by atoms with van der Waals surface area (Å²) in [5, 5.41) is 0.411. The smallest absolute Gasteiger partial charge is 0.264 e. The Morgan fingerprint density at radius 3 is 2.71 bits per heavy atom. The van der Waals surface area contributed by atoms with E-state index in [1.54, 1.807) is 12.3 Å². The molecule has 0 unspecified atom stereocenters. The minimum atomic E-state index is -3.45. The third-order valence-corrected chi connectivity index (χ3v) is 2.34. The number of hydrogen-bond donors (Lipinski definition) is 0. The Labute approximate surface area is 88.0 Å². The van der Waals surface area contributed by atoms with Crippen LogP contribution in [0.1, 0.15) is 11.3 Å². The van der Waals surface area contributed by atoms with Gasteiger partial charge in [-0.1, -0.05) is 11.6 Å².